The lowest BCUT2D eigenvalue weighted by Gasteiger charge is -2.05. The van der Waals surface area contributed by atoms with Gasteiger partial charge in [0.15, 0.2) is 5.58 Å². The summed E-state index contributed by atoms with van der Waals surface area (Å²) in [4.78, 5) is 20.7. The molecule has 0 spiro atoms. The molecule has 0 aliphatic heterocycles. The van der Waals surface area contributed by atoms with Crippen molar-refractivity contribution >= 4 is 57.0 Å². The van der Waals surface area contributed by atoms with Crippen molar-refractivity contribution in [2.24, 2.45) is 0 Å². The van der Waals surface area contributed by atoms with Gasteiger partial charge in [-0.3, -0.25) is 4.79 Å². The minimum atomic E-state index is -0.129. The van der Waals surface area contributed by atoms with Crippen LogP contribution in [0.5, 0.6) is 0 Å². The number of hydrogen-bond donors (Lipinski definition) is 1. The molecule has 2 heterocycles. The summed E-state index contributed by atoms with van der Waals surface area (Å²) in [5.41, 5.74) is 2.82. The number of nitrogens with one attached hydrogen (secondary N) is 1. The number of para-hydroxylation sites is 1. The van der Waals surface area contributed by atoms with Crippen molar-refractivity contribution in [2.45, 2.75) is 5.03 Å². The van der Waals surface area contributed by atoms with E-state index in [0.717, 1.165) is 16.5 Å². The molecule has 0 saturated heterocycles. The molecule has 25 heavy (non-hydrogen) atoms. The summed E-state index contributed by atoms with van der Waals surface area (Å²) >= 11 is 7.15. The first kappa shape index (κ1) is 15.9. The number of carbonyl (C=O) groups excluding carboxylic acids is 1. The number of halogens is 1. The third-order valence-corrected chi connectivity index (χ3v) is 4.82. The summed E-state index contributed by atoms with van der Waals surface area (Å²) < 4.78 is 5.86. The van der Waals surface area contributed by atoms with Crippen molar-refractivity contribution in [1.82, 2.24) is 9.97 Å². The minimum absolute atomic E-state index is 0.129. The van der Waals surface area contributed by atoms with Crippen molar-refractivity contribution in [2.75, 3.05) is 11.1 Å². The Morgan fingerprint density at radius 3 is 2.76 bits per heavy atom. The molecule has 0 radical (unpaired) electrons. The zero-order chi connectivity index (χ0) is 17.2. The average Bonchev–Trinajstić information content (AvgIpc) is 3.01. The molecule has 0 unspecified atom stereocenters. The van der Waals surface area contributed by atoms with E-state index in [1.54, 1.807) is 24.3 Å². The Labute approximate surface area is 152 Å². The number of fused-ring (bicyclic) bond motifs is 3. The van der Waals surface area contributed by atoms with E-state index in [1.165, 1.54) is 18.1 Å². The summed E-state index contributed by atoms with van der Waals surface area (Å²) in [6.07, 6.45) is 1.49. The number of benzene rings is 2. The molecule has 1 N–H and O–H groups in total. The highest BCUT2D eigenvalue weighted by Gasteiger charge is 2.14. The van der Waals surface area contributed by atoms with E-state index < -0.39 is 0 Å². The van der Waals surface area contributed by atoms with Crippen LogP contribution in [0, 0.1) is 0 Å². The summed E-state index contributed by atoms with van der Waals surface area (Å²) in [5, 5.41) is 5.03. The first-order chi connectivity index (χ1) is 12.2. The first-order valence-electron chi connectivity index (χ1n) is 7.51. The van der Waals surface area contributed by atoms with Crippen LogP contribution in [0.4, 0.5) is 5.69 Å². The predicted molar refractivity (Wildman–Crippen MR) is 100 cm³/mol. The number of hydrogen-bond acceptors (Lipinski definition) is 5. The molecule has 0 saturated carbocycles. The average molecular weight is 370 g/mol. The van der Waals surface area contributed by atoms with Gasteiger partial charge in [-0.2, -0.15) is 0 Å². The summed E-state index contributed by atoms with van der Waals surface area (Å²) in [6, 6.07) is 14.7. The number of rotatable bonds is 4. The number of amides is 1. The van der Waals surface area contributed by atoms with Gasteiger partial charge in [-0.25, -0.2) is 9.97 Å². The maximum Gasteiger partial charge on any atom is 0.234 e. The topological polar surface area (TPSA) is 68.0 Å². The van der Waals surface area contributed by atoms with Crippen LogP contribution in [0.1, 0.15) is 0 Å². The lowest BCUT2D eigenvalue weighted by Crippen LogP contribution is -2.14. The molecular formula is C18H12ClN3O2S. The van der Waals surface area contributed by atoms with Gasteiger partial charge in [-0.15, -0.1) is 0 Å². The Morgan fingerprint density at radius 2 is 1.92 bits per heavy atom. The summed E-state index contributed by atoms with van der Waals surface area (Å²) in [7, 11) is 0. The van der Waals surface area contributed by atoms with Crippen LogP contribution >= 0.6 is 23.4 Å². The van der Waals surface area contributed by atoms with Gasteiger partial charge >= 0.3 is 0 Å². The van der Waals surface area contributed by atoms with Crippen molar-refractivity contribution in [3.63, 3.8) is 0 Å². The zero-order valence-corrected chi connectivity index (χ0v) is 14.5. The van der Waals surface area contributed by atoms with E-state index in [9.17, 15) is 4.79 Å². The van der Waals surface area contributed by atoms with Gasteiger partial charge in [0.05, 0.1) is 5.75 Å². The molecule has 124 valence electrons. The maximum absolute atomic E-state index is 12.1. The van der Waals surface area contributed by atoms with Crippen molar-refractivity contribution < 1.29 is 9.21 Å². The Hall–Kier alpha value is -2.57. The molecular weight excluding hydrogens is 358 g/mol. The van der Waals surface area contributed by atoms with Gasteiger partial charge < -0.3 is 9.73 Å². The quantitative estimate of drug-likeness (QED) is 0.415. The molecule has 2 aromatic heterocycles. The Morgan fingerprint density at radius 1 is 1.12 bits per heavy atom. The fourth-order valence-electron chi connectivity index (χ4n) is 2.47. The molecule has 1 amide bonds. The van der Waals surface area contributed by atoms with Crippen LogP contribution in [-0.4, -0.2) is 21.6 Å². The van der Waals surface area contributed by atoms with Crippen LogP contribution in [0.3, 0.4) is 0 Å². The minimum Gasteiger partial charge on any atom is -0.451 e. The van der Waals surface area contributed by atoms with Crippen LogP contribution in [0.25, 0.3) is 22.1 Å². The van der Waals surface area contributed by atoms with Gasteiger partial charge in [0, 0.05) is 16.1 Å². The normalized spacial score (nSPS) is 11.1. The first-order valence-corrected chi connectivity index (χ1v) is 8.87. The van der Waals surface area contributed by atoms with Gasteiger partial charge in [0.25, 0.3) is 0 Å². The fraction of sp³-hybridized carbons (Fsp3) is 0.0556. The number of aromatic nitrogens is 2. The van der Waals surface area contributed by atoms with E-state index in [4.69, 9.17) is 16.0 Å². The number of furan rings is 1. The van der Waals surface area contributed by atoms with E-state index in [-0.39, 0.29) is 11.7 Å². The molecule has 0 aliphatic rings. The highest BCUT2D eigenvalue weighted by atomic mass is 35.5. The molecule has 0 fully saturated rings. The number of carbonyl (C=O) groups is 1. The number of thioether (sulfide) groups is 1. The number of anilines is 1. The van der Waals surface area contributed by atoms with E-state index in [1.807, 2.05) is 24.3 Å². The molecule has 0 aliphatic carbocycles. The van der Waals surface area contributed by atoms with Gasteiger partial charge in [-0.05, 0) is 36.4 Å². The Balaban J connectivity index is 1.52. The Bertz CT molecular complexity index is 1060. The van der Waals surface area contributed by atoms with Crippen molar-refractivity contribution in [1.29, 1.82) is 0 Å². The van der Waals surface area contributed by atoms with E-state index in [2.05, 4.69) is 15.3 Å². The monoisotopic (exact) mass is 369 g/mol. The van der Waals surface area contributed by atoms with Crippen LogP contribution in [0.2, 0.25) is 5.02 Å². The highest BCUT2D eigenvalue weighted by Crippen LogP contribution is 2.32. The summed E-state index contributed by atoms with van der Waals surface area (Å²) in [5.74, 6) is 0.0846. The second-order valence-corrected chi connectivity index (χ2v) is 6.70. The standard InChI is InChI=1S/C18H12ClN3O2S/c19-11-5-7-12(8-6-11)22-15(23)9-25-18-17-16(20-10-21-18)13-3-1-2-4-14(13)24-17/h1-8,10H,9H2,(H,22,23). The third-order valence-electron chi connectivity index (χ3n) is 3.59. The molecule has 2 aromatic carbocycles. The van der Waals surface area contributed by atoms with Gasteiger partial charge in [0.2, 0.25) is 5.91 Å². The van der Waals surface area contributed by atoms with Crippen LogP contribution < -0.4 is 5.32 Å². The molecule has 0 atom stereocenters. The smallest absolute Gasteiger partial charge is 0.234 e. The molecule has 4 rings (SSSR count). The van der Waals surface area contributed by atoms with E-state index >= 15 is 0 Å². The summed E-state index contributed by atoms with van der Waals surface area (Å²) in [6.45, 7) is 0. The third kappa shape index (κ3) is 3.31. The van der Waals surface area contributed by atoms with Crippen molar-refractivity contribution in [3.05, 3.63) is 59.9 Å². The zero-order valence-electron chi connectivity index (χ0n) is 12.9. The predicted octanol–water partition coefficient (Wildman–Crippen LogP) is 4.76. The van der Waals surface area contributed by atoms with Crippen LogP contribution in [-0.2, 0) is 4.79 Å². The van der Waals surface area contributed by atoms with Crippen molar-refractivity contribution in [3.8, 4) is 0 Å². The second kappa shape index (κ2) is 6.74. The second-order valence-electron chi connectivity index (χ2n) is 5.30. The van der Waals surface area contributed by atoms with Gasteiger partial charge in [-0.1, -0.05) is 35.5 Å². The largest absolute Gasteiger partial charge is 0.451 e. The van der Waals surface area contributed by atoms with E-state index in [0.29, 0.717) is 21.3 Å². The fourth-order valence-corrected chi connectivity index (χ4v) is 3.33. The highest BCUT2D eigenvalue weighted by molar-refractivity contribution is 8.00. The lowest BCUT2D eigenvalue weighted by molar-refractivity contribution is -0.113. The SMILES string of the molecule is O=C(CSc1ncnc2c1oc1ccccc12)Nc1ccc(Cl)cc1. The van der Waals surface area contributed by atoms with Gasteiger partial charge in [0.1, 0.15) is 22.5 Å². The maximum atomic E-state index is 12.1. The number of nitrogens with zero attached hydrogens (tertiary/aromatic N) is 2. The lowest BCUT2D eigenvalue weighted by atomic mass is 10.2. The molecule has 5 nitrogen and oxygen atoms in total. The van der Waals surface area contributed by atoms with Crippen LogP contribution in [0.15, 0.2) is 64.3 Å². The molecule has 0 bridgehead atoms. The molecule has 4 aromatic rings. The molecule has 7 heteroatoms. The Kier molecular flexibility index (Phi) is 4.29.